The fraction of sp³-hybridized carbons (Fsp3) is 0.636. The first-order valence-electron chi connectivity index (χ1n) is 11.1. The number of anilines is 1. The number of hydrogen-bond donors (Lipinski definition) is 1. The van der Waals surface area contributed by atoms with Crippen LogP contribution < -0.4 is 10.2 Å². The quantitative estimate of drug-likeness (QED) is 0.421. The summed E-state index contributed by atoms with van der Waals surface area (Å²) in [5.41, 5.74) is 1.14. The molecule has 0 atom stereocenters. The van der Waals surface area contributed by atoms with Crippen LogP contribution in [0.5, 0.6) is 0 Å². The van der Waals surface area contributed by atoms with Crippen molar-refractivity contribution in [3.8, 4) is 0 Å². The molecule has 1 N–H and O–H groups in total. The lowest BCUT2D eigenvalue weighted by atomic mass is 10.2. The van der Waals surface area contributed by atoms with E-state index in [2.05, 4.69) is 33.0 Å². The lowest BCUT2D eigenvalue weighted by Crippen LogP contribution is -2.53. The molecule has 0 bridgehead atoms. The first-order chi connectivity index (χ1) is 14.6. The molecule has 7 nitrogen and oxygen atoms in total. The van der Waals surface area contributed by atoms with E-state index in [1.807, 2.05) is 23.1 Å². The van der Waals surface area contributed by atoms with Gasteiger partial charge in [-0.2, -0.15) is 0 Å². The van der Waals surface area contributed by atoms with Gasteiger partial charge in [-0.25, -0.2) is 0 Å². The molecule has 3 rings (SSSR count). The molecular weight excluding hydrogens is 400 g/mol. The van der Waals surface area contributed by atoms with Crippen molar-refractivity contribution in [1.82, 2.24) is 20.0 Å². The topological polar surface area (TPSA) is 54.4 Å². The van der Waals surface area contributed by atoms with Crippen LogP contribution in [0.1, 0.15) is 20.3 Å². The highest BCUT2D eigenvalue weighted by Crippen LogP contribution is 2.25. The molecule has 2 saturated heterocycles. The lowest BCUT2D eigenvalue weighted by Gasteiger charge is -2.36. The van der Waals surface area contributed by atoms with Gasteiger partial charge in [0, 0.05) is 78.9 Å². The van der Waals surface area contributed by atoms with Crippen LogP contribution in [-0.4, -0.2) is 98.6 Å². The van der Waals surface area contributed by atoms with Gasteiger partial charge in [0.25, 0.3) is 0 Å². The lowest BCUT2D eigenvalue weighted by molar-refractivity contribution is -0.130. The van der Waals surface area contributed by atoms with E-state index in [9.17, 15) is 4.79 Å². The van der Waals surface area contributed by atoms with Crippen molar-refractivity contribution in [1.29, 1.82) is 0 Å². The maximum Gasteiger partial charge on any atom is 0.219 e. The zero-order valence-corrected chi connectivity index (χ0v) is 19.1. The molecule has 30 heavy (non-hydrogen) atoms. The Morgan fingerprint density at radius 3 is 2.33 bits per heavy atom. The third-order valence-corrected chi connectivity index (χ3v) is 6.14. The van der Waals surface area contributed by atoms with E-state index in [4.69, 9.17) is 16.6 Å². The summed E-state index contributed by atoms with van der Waals surface area (Å²) in [6, 6.07) is 8.09. The van der Waals surface area contributed by atoms with Crippen molar-refractivity contribution in [2.24, 2.45) is 4.99 Å². The fourth-order valence-corrected chi connectivity index (χ4v) is 4.31. The maximum absolute atomic E-state index is 11.5. The number of hydrogen-bond acceptors (Lipinski definition) is 4. The number of guanidine groups is 1. The Kier molecular flexibility index (Phi) is 8.63. The van der Waals surface area contributed by atoms with E-state index in [0.29, 0.717) is 0 Å². The summed E-state index contributed by atoms with van der Waals surface area (Å²) in [5.74, 6) is 1.13. The molecular formula is C22H35ClN6O. The molecule has 0 unspecified atom stereocenters. The van der Waals surface area contributed by atoms with Gasteiger partial charge in [0.1, 0.15) is 0 Å². The van der Waals surface area contributed by atoms with E-state index in [1.54, 1.807) is 6.92 Å². The second-order valence-electron chi connectivity index (χ2n) is 7.86. The molecule has 1 amide bonds. The number of carbonyl (C=O) groups excluding carboxylic acids is 1. The average molecular weight is 435 g/mol. The minimum atomic E-state index is 0.159. The molecule has 0 radical (unpaired) electrons. The Balaban J connectivity index is 1.40. The van der Waals surface area contributed by atoms with Crippen molar-refractivity contribution in [2.75, 3.05) is 76.9 Å². The molecule has 2 aliphatic heterocycles. The SMILES string of the molecule is CCNC(=NCCCN1CCN(c2ccccc2Cl)CC1)N1CCN(C(C)=O)CC1. The minimum Gasteiger partial charge on any atom is -0.368 e. The second kappa shape index (κ2) is 11.4. The van der Waals surface area contributed by atoms with Crippen molar-refractivity contribution >= 4 is 29.2 Å². The zero-order valence-electron chi connectivity index (χ0n) is 18.3. The fourth-order valence-electron chi connectivity index (χ4n) is 4.06. The summed E-state index contributed by atoms with van der Waals surface area (Å²) in [6.45, 7) is 13.8. The van der Waals surface area contributed by atoms with E-state index < -0.39 is 0 Å². The molecule has 1 aromatic carbocycles. The monoisotopic (exact) mass is 434 g/mol. The number of para-hydroxylation sites is 1. The summed E-state index contributed by atoms with van der Waals surface area (Å²) in [6.07, 6.45) is 1.05. The second-order valence-corrected chi connectivity index (χ2v) is 8.27. The molecule has 0 aromatic heterocycles. The number of nitrogens with one attached hydrogen (secondary N) is 1. The molecule has 0 aliphatic carbocycles. The Morgan fingerprint density at radius 1 is 1.03 bits per heavy atom. The normalized spacial score (nSPS) is 18.6. The van der Waals surface area contributed by atoms with E-state index in [1.165, 1.54) is 0 Å². The number of halogens is 1. The number of aliphatic imine (C=N–C) groups is 1. The van der Waals surface area contributed by atoms with Crippen molar-refractivity contribution in [3.63, 3.8) is 0 Å². The summed E-state index contributed by atoms with van der Waals surface area (Å²) in [5, 5.41) is 4.24. The van der Waals surface area contributed by atoms with Crippen LogP contribution in [0.15, 0.2) is 29.3 Å². The van der Waals surface area contributed by atoms with Gasteiger partial charge >= 0.3 is 0 Å². The van der Waals surface area contributed by atoms with Gasteiger partial charge in [-0.1, -0.05) is 23.7 Å². The number of benzene rings is 1. The van der Waals surface area contributed by atoms with Crippen LogP contribution in [0.25, 0.3) is 0 Å². The van der Waals surface area contributed by atoms with Crippen LogP contribution in [0.3, 0.4) is 0 Å². The largest absolute Gasteiger partial charge is 0.368 e. The third kappa shape index (κ3) is 6.25. The van der Waals surface area contributed by atoms with Crippen LogP contribution in [0, 0.1) is 0 Å². The summed E-state index contributed by atoms with van der Waals surface area (Å²) in [7, 11) is 0. The maximum atomic E-state index is 11.5. The Hall–Kier alpha value is -1.99. The molecule has 2 fully saturated rings. The molecule has 0 spiro atoms. The summed E-state index contributed by atoms with van der Waals surface area (Å²) >= 11 is 6.34. The predicted octanol–water partition coefficient (Wildman–Crippen LogP) is 1.98. The predicted molar refractivity (Wildman–Crippen MR) is 125 cm³/mol. The van der Waals surface area contributed by atoms with Gasteiger partial charge in [0.15, 0.2) is 5.96 Å². The first-order valence-corrected chi connectivity index (χ1v) is 11.5. The van der Waals surface area contributed by atoms with E-state index in [-0.39, 0.29) is 5.91 Å². The molecule has 8 heteroatoms. The first kappa shape index (κ1) is 22.7. The Bertz CT molecular complexity index is 711. The smallest absolute Gasteiger partial charge is 0.219 e. The number of nitrogens with zero attached hydrogens (tertiary/aromatic N) is 5. The minimum absolute atomic E-state index is 0.159. The highest BCUT2D eigenvalue weighted by Gasteiger charge is 2.21. The Morgan fingerprint density at radius 2 is 1.70 bits per heavy atom. The van der Waals surface area contributed by atoms with Gasteiger partial charge in [-0.15, -0.1) is 0 Å². The summed E-state index contributed by atoms with van der Waals surface area (Å²) in [4.78, 5) is 25.4. The highest BCUT2D eigenvalue weighted by atomic mass is 35.5. The number of piperazine rings is 2. The molecule has 166 valence electrons. The Labute approximate surface area is 185 Å². The molecule has 1 aromatic rings. The third-order valence-electron chi connectivity index (χ3n) is 5.82. The van der Waals surface area contributed by atoms with Crippen LogP contribution in [-0.2, 0) is 4.79 Å². The van der Waals surface area contributed by atoms with Gasteiger partial charge in [0.05, 0.1) is 10.7 Å². The van der Waals surface area contributed by atoms with E-state index in [0.717, 1.165) is 95.1 Å². The van der Waals surface area contributed by atoms with Gasteiger partial charge in [-0.05, 0) is 25.5 Å². The van der Waals surface area contributed by atoms with Crippen molar-refractivity contribution in [3.05, 3.63) is 29.3 Å². The van der Waals surface area contributed by atoms with Crippen LogP contribution in [0.4, 0.5) is 5.69 Å². The number of rotatable bonds is 6. The highest BCUT2D eigenvalue weighted by molar-refractivity contribution is 6.33. The molecule has 2 aliphatic rings. The number of amides is 1. The van der Waals surface area contributed by atoms with Crippen molar-refractivity contribution in [2.45, 2.75) is 20.3 Å². The standard InChI is InChI=1S/C22H35ClN6O/c1-3-24-22(29-17-15-27(16-18-29)19(2)30)25-9-6-10-26-11-13-28(14-12-26)21-8-5-4-7-20(21)23/h4-5,7-8H,3,6,9-18H2,1-2H3,(H,24,25). The van der Waals surface area contributed by atoms with Crippen LogP contribution in [0.2, 0.25) is 5.02 Å². The van der Waals surface area contributed by atoms with Crippen LogP contribution >= 0.6 is 11.6 Å². The van der Waals surface area contributed by atoms with Gasteiger partial charge < -0.3 is 20.0 Å². The van der Waals surface area contributed by atoms with Crippen molar-refractivity contribution < 1.29 is 4.79 Å². The van der Waals surface area contributed by atoms with E-state index >= 15 is 0 Å². The number of carbonyl (C=O) groups is 1. The summed E-state index contributed by atoms with van der Waals surface area (Å²) < 4.78 is 0. The zero-order chi connectivity index (χ0) is 21.3. The molecule has 0 saturated carbocycles. The average Bonchev–Trinajstić information content (AvgIpc) is 2.77. The van der Waals surface area contributed by atoms with Gasteiger partial charge in [0.2, 0.25) is 5.91 Å². The molecule has 2 heterocycles. The van der Waals surface area contributed by atoms with Gasteiger partial charge in [-0.3, -0.25) is 14.7 Å².